The number of rotatable bonds is 6. The fraction of sp³-hybridized carbons (Fsp3) is 0.571. The molecule has 0 radical (unpaired) electrons. The zero-order valence-corrected chi connectivity index (χ0v) is 13.4. The van der Waals surface area contributed by atoms with Crippen molar-refractivity contribution in [2.45, 2.75) is 34.1 Å². The molecular weight excluding hydrogens is 284 g/mol. The summed E-state index contributed by atoms with van der Waals surface area (Å²) in [6, 6.07) is 4.06. The van der Waals surface area contributed by atoms with Gasteiger partial charge in [-0.2, -0.15) is 0 Å². The van der Waals surface area contributed by atoms with Crippen molar-refractivity contribution in [2.75, 3.05) is 12.4 Å². The van der Waals surface area contributed by atoms with E-state index < -0.39 is 9.05 Å². The first kappa shape index (κ1) is 16.3. The van der Waals surface area contributed by atoms with Gasteiger partial charge in [-0.15, -0.1) is 0 Å². The number of hydrogen-bond donors (Lipinski definition) is 0. The topological polar surface area (TPSA) is 43.4 Å². The first-order valence-electron chi connectivity index (χ1n) is 6.36. The van der Waals surface area contributed by atoms with Gasteiger partial charge in [-0.25, -0.2) is 8.42 Å². The minimum atomic E-state index is -3.48. The third kappa shape index (κ3) is 5.03. The van der Waals surface area contributed by atoms with Gasteiger partial charge in [0.15, 0.2) is 0 Å². The molecule has 0 heterocycles. The molecule has 0 spiro atoms. The lowest BCUT2D eigenvalue weighted by molar-refractivity contribution is 0.255. The van der Waals surface area contributed by atoms with Crippen molar-refractivity contribution in [2.24, 2.45) is 5.92 Å². The van der Waals surface area contributed by atoms with Crippen LogP contribution in [-0.4, -0.2) is 20.8 Å². The molecule has 0 aromatic heterocycles. The summed E-state index contributed by atoms with van der Waals surface area (Å²) in [4.78, 5) is 0. The third-order valence-electron chi connectivity index (χ3n) is 3.35. The second-order valence-corrected chi connectivity index (χ2v) is 7.77. The van der Waals surface area contributed by atoms with Crippen LogP contribution < -0.4 is 4.74 Å². The average Bonchev–Trinajstić information content (AvgIpc) is 2.31. The van der Waals surface area contributed by atoms with Crippen molar-refractivity contribution >= 4 is 19.7 Å². The molecule has 0 amide bonds. The van der Waals surface area contributed by atoms with Crippen molar-refractivity contribution in [3.8, 4) is 5.75 Å². The van der Waals surface area contributed by atoms with Crippen molar-refractivity contribution in [3.63, 3.8) is 0 Å². The van der Waals surface area contributed by atoms with Gasteiger partial charge < -0.3 is 4.74 Å². The van der Waals surface area contributed by atoms with E-state index in [1.807, 2.05) is 33.8 Å². The molecule has 0 aliphatic heterocycles. The van der Waals surface area contributed by atoms with Crippen LogP contribution in [0.5, 0.6) is 5.75 Å². The van der Waals surface area contributed by atoms with E-state index in [9.17, 15) is 8.42 Å². The van der Waals surface area contributed by atoms with Gasteiger partial charge in [0.2, 0.25) is 9.05 Å². The minimum absolute atomic E-state index is 0.0467. The van der Waals surface area contributed by atoms with Gasteiger partial charge in [0.25, 0.3) is 0 Å². The fourth-order valence-corrected chi connectivity index (χ4v) is 3.34. The van der Waals surface area contributed by atoms with Crippen LogP contribution in [0.25, 0.3) is 0 Å². The smallest absolute Gasteiger partial charge is 0.232 e. The summed E-state index contributed by atoms with van der Waals surface area (Å²) in [5.74, 6) is 0.724. The number of aryl methyl sites for hydroxylation is 2. The molecule has 5 heteroatoms. The molecule has 0 saturated carbocycles. The molecule has 1 atom stereocenters. The van der Waals surface area contributed by atoms with Gasteiger partial charge in [0.1, 0.15) is 5.75 Å². The number of ether oxygens (including phenoxy) is 1. The van der Waals surface area contributed by atoms with Crippen LogP contribution in [0.4, 0.5) is 0 Å². The average molecular weight is 305 g/mol. The molecule has 0 fully saturated rings. The van der Waals surface area contributed by atoms with Gasteiger partial charge in [-0.1, -0.05) is 19.1 Å². The van der Waals surface area contributed by atoms with Crippen LogP contribution >= 0.6 is 10.7 Å². The Morgan fingerprint density at radius 3 is 2.32 bits per heavy atom. The molecule has 1 aromatic rings. The molecule has 0 aliphatic rings. The van der Waals surface area contributed by atoms with Crippen LogP contribution in [0.1, 0.15) is 30.0 Å². The number of halogens is 1. The Bertz CT molecular complexity index is 538. The Morgan fingerprint density at radius 1 is 1.21 bits per heavy atom. The lowest BCUT2D eigenvalue weighted by Crippen LogP contribution is -2.19. The van der Waals surface area contributed by atoms with Crippen LogP contribution in [0.15, 0.2) is 12.1 Å². The Hall–Kier alpha value is -0.740. The van der Waals surface area contributed by atoms with E-state index in [0.717, 1.165) is 23.3 Å². The Balaban J connectivity index is 2.78. The predicted molar refractivity (Wildman–Crippen MR) is 79.6 cm³/mol. The molecule has 19 heavy (non-hydrogen) atoms. The van der Waals surface area contributed by atoms with E-state index in [-0.39, 0.29) is 11.7 Å². The third-order valence-corrected chi connectivity index (χ3v) is 4.60. The Morgan fingerprint density at radius 2 is 1.79 bits per heavy atom. The Kier molecular flexibility index (Phi) is 5.68. The molecule has 1 rings (SSSR count). The molecule has 1 aromatic carbocycles. The summed E-state index contributed by atoms with van der Waals surface area (Å²) in [6.07, 6.45) is 0.718. The van der Waals surface area contributed by atoms with Gasteiger partial charge in [-0.05, 0) is 43.9 Å². The minimum Gasteiger partial charge on any atom is -0.493 e. The van der Waals surface area contributed by atoms with Crippen LogP contribution in [-0.2, 0) is 9.05 Å². The van der Waals surface area contributed by atoms with Gasteiger partial charge in [0, 0.05) is 16.6 Å². The lowest BCUT2D eigenvalue weighted by atomic mass is 10.1. The predicted octanol–water partition coefficient (Wildman–Crippen LogP) is 3.59. The van der Waals surface area contributed by atoms with E-state index in [1.165, 1.54) is 5.56 Å². The van der Waals surface area contributed by atoms with E-state index in [2.05, 4.69) is 6.07 Å². The first-order valence-corrected chi connectivity index (χ1v) is 8.84. The highest BCUT2D eigenvalue weighted by atomic mass is 35.7. The summed E-state index contributed by atoms with van der Waals surface area (Å²) in [6.45, 7) is 8.33. The second-order valence-electron chi connectivity index (χ2n) is 4.94. The number of hydrogen-bond acceptors (Lipinski definition) is 3. The summed E-state index contributed by atoms with van der Waals surface area (Å²) in [7, 11) is 1.82. The molecule has 1 unspecified atom stereocenters. The molecular formula is C14H21ClO3S. The van der Waals surface area contributed by atoms with Crippen molar-refractivity contribution in [1.29, 1.82) is 0 Å². The zero-order chi connectivity index (χ0) is 14.6. The SMILES string of the molecule is CCC(COc1c(C)ccc(C)c1C)CS(=O)(=O)Cl. The maximum atomic E-state index is 11.1. The van der Waals surface area contributed by atoms with Crippen LogP contribution in [0.3, 0.4) is 0 Å². The largest absolute Gasteiger partial charge is 0.493 e. The highest BCUT2D eigenvalue weighted by Gasteiger charge is 2.17. The maximum absolute atomic E-state index is 11.1. The van der Waals surface area contributed by atoms with Gasteiger partial charge in [0.05, 0.1) is 12.4 Å². The zero-order valence-electron chi connectivity index (χ0n) is 11.9. The van der Waals surface area contributed by atoms with Crippen LogP contribution in [0, 0.1) is 26.7 Å². The van der Waals surface area contributed by atoms with Gasteiger partial charge in [-0.3, -0.25) is 0 Å². The summed E-state index contributed by atoms with van der Waals surface area (Å²) in [5, 5.41) is 0. The fourth-order valence-electron chi connectivity index (χ4n) is 1.91. The van der Waals surface area contributed by atoms with Gasteiger partial charge >= 0.3 is 0 Å². The summed E-state index contributed by atoms with van der Waals surface area (Å²) >= 11 is 0. The molecule has 0 bridgehead atoms. The first-order chi connectivity index (χ1) is 8.74. The van der Waals surface area contributed by atoms with E-state index >= 15 is 0 Å². The lowest BCUT2D eigenvalue weighted by Gasteiger charge is -2.18. The molecule has 0 N–H and O–H groups in total. The number of benzene rings is 1. The quantitative estimate of drug-likeness (QED) is 0.754. The Labute approximate surface area is 120 Å². The molecule has 0 saturated heterocycles. The summed E-state index contributed by atoms with van der Waals surface area (Å²) in [5.41, 5.74) is 3.33. The van der Waals surface area contributed by atoms with E-state index in [0.29, 0.717) is 6.61 Å². The monoisotopic (exact) mass is 304 g/mol. The molecule has 0 aliphatic carbocycles. The van der Waals surface area contributed by atoms with Crippen LogP contribution in [0.2, 0.25) is 0 Å². The highest BCUT2D eigenvalue weighted by molar-refractivity contribution is 8.13. The maximum Gasteiger partial charge on any atom is 0.232 e. The molecule has 108 valence electrons. The second kappa shape index (κ2) is 6.62. The van der Waals surface area contributed by atoms with E-state index in [1.54, 1.807) is 0 Å². The van der Waals surface area contributed by atoms with Crippen molar-refractivity contribution < 1.29 is 13.2 Å². The van der Waals surface area contributed by atoms with Crippen molar-refractivity contribution in [3.05, 3.63) is 28.8 Å². The molecule has 3 nitrogen and oxygen atoms in total. The normalized spacial score (nSPS) is 13.3. The standard InChI is InChI=1S/C14H21ClO3S/c1-5-13(9-19(15,16)17)8-18-14-11(3)7-6-10(2)12(14)4/h6-7,13H,5,8-9H2,1-4H3. The van der Waals surface area contributed by atoms with Crippen molar-refractivity contribution in [1.82, 2.24) is 0 Å². The summed E-state index contributed by atoms with van der Waals surface area (Å²) < 4.78 is 28.0. The van der Waals surface area contributed by atoms with E-state index in [4.69, 9.17) is 15.4 Å². The highest BCUT2D eigenvalue weighted by Crippen LogP contribution is 2.26.